The first-order valence-corrected chi connectivity index (χ1v) is 6.48. The lowest BCUT2D eigenvalue weighted by Gasteiger charge is -2.17. The molecule has 0 spiro atoms. The first-order valence-electron chi connectivity index (χ1n) is 5.69. The van der Waals surface area contributed by atoms with E-state index in [4.69, 9.17) is 5.11 Å². The fraction of sp³-hybridized carbons (Fsp3) is 0.385. The van der Waals surface area contributed by atoms with Gasteiger partial charge in [0.1, 0.15) is 0 Å². The van der Waals surface area contributed by atoms with Crippen LogP contribution in [0.15, 0.2) is 28.7 Å². The fourth-order valence-corrected chi connectivity index (χ4v) is 1.80. The number of carboxylic acids is 1. The molecular weight excluding hydrogens is 298 g/mol. The van der Waals surface area contributed by atoms with E-state index in [9.17, 15) is 9.59 Å². The van der Waals surface area contributed by atoms with Gasteiger partial charge >= 0.3 is 5.97 Å². The van der Waals surface area contributed by atoms with Crippen molar-refractivity contribution >= 4 is 27.8 Å². The third-order valence-corrected chi connectivity index (χ3v) is 3.07. The highest BCUT2D eigenvalue weighted by Gasteiger charge is 2.09. The van der Waals surface area contributed by atoms with E-state index in [0.29, 0.717) is 13.0 Å². The van der Waals surface area contributed by atoms with Crippen LogP contribution in [-0.2, 0) is 16.1 Å². The first-order chi connectivity index (χ1) is 8.49. The van der Waals surface area contributed by atoms with Crippen molar-refractivity contribution in [2.75, 3.05) is 7.05 Å². The van der Waals surface area contributed by atoms with Crippen LogP contribution < -0.4 is 0 Å². The van der Waals surface area contributed by atoms with Gasteiger partial charge in [-0.3, -0.25) is 9.59 Å². The van der Waals surface area contributed by atoms with Crippen LogP contribution in [0, 0.1) is 0 Å². The molecule has 0 aromatic heterocycles. The number of benzene rings is 1. The Morgan fingerprint density at radius 1 is 1.22 bits per heavy atom. The van der Waals surface area contributed by atoms with E-state index in [2.05, 4.69) is 15.9 Å². The Morgan fingerprint density at radius 2 is 1.83 bits per heavy atom. The summed E-state index contributed by atoms with van der Waals surface area (Å²) in [7, 11) is 1.73. The number of amides is 1. The second-order valence-electron chi connectivity index (χ2n) is 4.12. The molecule has 1 aromatic rings. The van der Waals surface area contributed by atoms with Crippen molar-refractivity contribution in [2.45, 2.75) is 25.8 Å². The summed E-state index contributed by atoms with van der Waals surface area (Å²) in [6.07, 6.45) is 0.704. The maximum absolute atomic E-state index is 11.7. The van der Waals surface area contributed by atoms with E-state index in [1.54, 1.807) is 11.9 Å². The van der Waals surface area contributed by atoms with Crippen LogP contribution in [0.4, 0.5) is 0 Å². The van der Waals surface area contributed by atoms with Gasteiger partial charge < -0.3 is 10.0 Å². The highest BCUT2D eigenvalue weighted by Crippen LogP contribution is 2.12. The van der Waals surface area contributed by atoms with Crippen molar-refractivity contribution < 1.29 is 14.7 Å². The fourth-order valence-electron chi connectivity index (χ4n) is 1.53. The number of aliphatic carboxylic acids is 1. The van der Waals surface area contributed by atoms with Gasteiger partial charge in [-0.1, -0.05) is 28.1 Å². The molecule has 0 atom stereocenters. The minimum atomic E-state index is -0.863. The van der Waals surface area contributed by atoms with Crippen molar-refractivity contribution in [1.82, 2.24) is 4.90 Å². The summed E-state index contributed by atoms with van der Waals surface area (Å²) in [6, 6.07) is 7.76. The van der Waals surface area contributed by atoms with Gasteiger partial charge in [-0.25, -0.2) is 0 Å². The number of halogens is 1. The number of hydrogen-bond donors (Lipinski definition) is 1. The summed E-state index contributed by atoms with van der Waals surface area (Å²) in [5.41, 5.74) is 1.05. The Hall–Kier alpha value is -1.36. The zero-order valence-corrected chi connectivity index (χ0v) is 11.8. The van der Waals surface area contributed by atoms with E-state index in [0.717, 1.165) is 10.0 Å². The molecule has 5 heteroatoms. The van der Waals surface area contributed by atoms with Crippen molar-refractivity contribution in [3.05, 3.63) is 34.3 Å². The highest BCUT2D eigenvalue weighted by molar-refractivity contribution is 9.10. The molecule has 0 radical (unpaired) electrons. The van der Waals surface area contributed by atoms with E-state index in [1.165, 1.54) is 0 Å². The molecule has 0 unspecified atom stereocenters. The Labute approximate surface area is 115 Å². The predicted octanol–water partition coefficient (Wildman–Crippen LogP) is 2.66. The number of rotatable bonds is 6. The second-order valence-corrected chi connectivity index (χ2v) is 5.04. The molecule has 0 bridgehead atoms. The molecule has 1 rings (SSSR count). The lowest BCUT2D eigenvalue weighted by atomic mass is 10.2. The van der Waals surface area contributed by atoms with Crippen LogP contribution in [-0.4, -0.2) is 28.9 Å². The molecule has 1 aromatic carbocycles. The van der Waals surface area contributed by atoms with E-state index < -0.39 is 5.97 Å². The van der Waals surface area contributed by atoms with Gasteiger partial charge in [0.25, 0.3) is 0 Å². The maximum Gasteiger partial charge on any atom is 0.303 e. The Balaban J connectivity index is 2.39. The lowest BCUT2D eigenvalue weighted by molar-refractivity contribution is -0.137. The molecule has 0 heterocycles. The summed E-state index contributed by atoms with van der Waals surface area (Å²) in [4.78, 5) is 23.7. The molecular formula is C13H16BrNO3. The quantitative estimate of drug-likeness (QED) is 0.878. The third-order valence-electron chi connectivity index (χ3n) is 2.54. The molecule has 1 N–H and O–H groups in total. The molecule has 0 aliphatic carbocycles. The summed E-state index contributed by atoms with van der Waals surface area (Å²) in [5.74, 6) is -0.891. The van der Waals surface area contributed by atoms with Crippen LogP contribution in [0.2, 0.25) is 0 Å². The molecule has 0 aliphatic heterocycles. The third kappa shape index (κ3) is 5.31. The minimum Gasteiger partial charge on any atom is -0.481 e. The average molecular weight is 314 g/mol. The number of nitrogens with zero attached hydrogens (tertiary/aromatic N) is 1. The van der Waals surface area contributed by atoms with Crippen molar-refractivity contribution in [1.29, 1.82) is 0 Å². The number of hydrogen-bond acceptors (Lipinski definition) is 2. The molecule has 0 saturated carbocycles. The van der Waals surface area contributed by atoms with Crippen molar-refractivity contribution in [3.8, 4) is 0 Å². The van der Waals surface area contributed by atoms with Gasteiger partial charge in [0, 0.05) is 30.9 Å². The first kappa shape index (κ1) is 14.7. The SMILES string of the molecule is CN(Cc1ccc(Br)cc1)C(=O)CCCC(=O)O. The van der Waals surface area contributed by atoms with Crippen molar-refractivity contribution in [2.24, 2.45) is 0 Å². The Morgan fingerprint density at radius 3 is 2.39 bits per heavy atom. The molecule has 4 nitrogen and oxygen atoms in total. The topological polar surface area (TPSA) is 57.6 Å². The Bertz CT molecular complexity index is 417. The largest absolute Gasteiger partial charge is 0.481 e. The second kappa shape index (κ2) is 7.16. The van der Waals surface area contributed by atoms with Crippen LogP contribution in [0.1, 0.15) is 24.8 Å². The van der Waals surface area contributed by atoms with E-state index >= 15 is 0 Å². The minimum absolute atomic E-state index is 0.0285. The normalized spacial score (nSPS) is 10.1. The summed E-state index contributed by atoms with van der Waals surface area (Å²) >= 11 is 3.35. The monoisotopic (exact) mass is 313 g/mol. The maximum atomic E-state index is 11.7. The zero-order valence-electron chi connectivity index (χ0n) is 10.2. The van der Waals surface area contributed by atoms with Gasteiger partial charge in [-0.15, -0.1) is 0 Å². The summed E-state index contributed by atoms with van der Waals surface area (Å²) in [6.45, 7) is 0.541. The van der Waals surface area contributed by atoms with E-state index in [-0.39, 0.29) is 18.7 Å². The number of carbonyl (C=O) groups is 2. The standard InChI is InChI=1S/C13H16BrNO3/c1-15(12(16)3-2-4-13(17)18)9-10-5-7-11(14)8-6-10/h5-8H,2-4,9H2,1H3,(H,17,18). The van der Waals surface area contributed by atoms with Gasteiger partial charge in [-0.2, -0.15) is 0 Å². The number of carboxylic acid groups (broad SMARTS) is 1. The highest BCUT2D eigenvalue weighted by atomic mass is 79.9. The van der Waals surface area contributed by atoms with Crippen LogP contribution in [0.3, 0.4) is 0 Å². The van der Waals surface area contributed by atoms with Crippen molar-refractivity contribution in [3.63, 3.8) is 0 Å². The summed E-state index contributed by atoms with van der Waals surface area (Å²) in [5, 5.41) is 8.50. The lowest BCUT2D eigenvalue weighted by Crippen LogP contribution is -2.25. The van der Waals surface area contributed by atoms with Gasteiger partial charge in [0.2, 0.25) is 5.91 Å². The van der Waals surface area contributed by atoms with Crippen LogP contribution >= 0.6 is 15.9 Å². The molecule has 98 valence electrons. The average Bonchev–Trinajstić information content (AvgIpc) is 2.31. The Kier molecular flexibility index (Phi) is 5.85. The molecule has 1 amide bonds. The summed E-state index contributed by atoms with van der Waals surface area (Å²) < 4.78 is 1.00. The molecule has 0 saturated heterocycles. The van der Waals surface area contributed by atoms with Gasteiger partial charge in [0.05, 0.1) is 0 Å². The predicted molar refractivity (Wildman–Crippen MR) is 72.1 cm³/mol. The van der Waals surface area contributed by atoms with Gasteiger partial charge in [-0.05, 0) is 24.1 Å². The molecule has 0 aliphatic rings. The number of carbonyl (C=O) groups excluding carboxylic acids is 1. The van der Waals surface area contributed by atoms with Crippen LogP contribution in [0.25, 0.3) is 0 Å². The van der Waals surface area contributed by atoms with Gasteiger partial charge in [0.15, 0.2) is 0 Å². The molecule has 18 heavy (non-hydrogen) atoms. The zero-order chi connectivity index (χ0) is 13.5. The smallest absolute Gasteiger partial charge is 0.303 e. The van der Waals surface area contributed by atoms with Crippen LogP contribution in [0.5, 0.6) is 0 Å². The molecule has 0 fully saturated rings. The van der Waals surface area contributed by atoms with E-state index in [1.807, 2.05) is 24.3 Å².